The second kappa shape index (κ2) is 6.36. The number of halogens is 3. The van der Waals surface area contributed by atoms with Gasteiger partial charge in [0, 0.05) is 19.0 Å². The summed E-state index contributed by atoms with van der Waals surface area (Å²) >= 11 is 0. The van der Waals surface area contributed by atoms with Crippen LogP contribution in [0.15, 0.2) is 18.2 Å². The summed E-state index contributed by atoms with van der Waals surface area (Å²) in [6, 6.07) is 3.43. The molecule has 25 heavy (non-hydrogen) atoms. The van der Waals surface area contributed by atoms with Gasteiger partial charge in [0.05, 0.1) is 18.1 Å². The number of hydrogen-bond acceptors (Lipinski definition) is 6. The van der Waals surface area contributed by atoms with Crippen molar-refractivity contribution in [1.29, 1.82) is 0 Å². The van der Waals surface area contributed by atoms with Gasteiger partial charge in [-0.25, -0.2) is 9.97 Å². The van der Waals surface area contributed by atoms with Crippen LogP contribution in [-0.2, 0) is 11.0 Å². The fraction of sp³-hybridized carbons (Fsp3) is 0.400. The molecule has 1 aromatic heterocycles. The molecule has 1 aliphatic heterocycles. The zero-order chi connectivity index (χ0) is 18.2. The Morgan fingerprint density at radius 2 is 2.08 bits per heavy atom. The van der Waals surface area contributed by atoms with Gasteiger partial charge in [0.25, 0.3) is 0 Å². The summed E-state index contributed by atoms with van der Waals surface area (Å²) < 4.78 is 50.2. The van der Waals surface area contributed by atoms with Crippen molar-refractivity contribution >= 4 is 17.0 Å². The molecule has 0 saturated carbocycles. The van der Waals surface area contributed by atoms with Gasteiger partial charge in [0.1, 0.15) is 17.9 Å². The maximum atomic E-state index is 13.3. The predicted molar refractivity (Wildman–Crippen MR) is 79.6 cm³/mol. The predicted octanol–water partition coefficient (Wildman–Crippen LogP) is 1.85. The molecule has 2 aromatic rings. The van der Waals surface area contributed by atoms with E-state index in [4.69, 9.17) is 14.6 Å². The SMILES string of the molecule is COc1ccc2nc(C(F)(F)F)c(OC3CNC(C(=O)O)C3)nc2c1. The molecule has 1 aliphatic rings. The highest BCUT2D eigenvalue weighted by atomic mass is 19.4. The second-order valence-corrected chi connectivity index (χ2v) is 5.50. The summed E-state index contributed by atoms with van der Waals surface area (Å²) in [5.41, 5.74) is -1.01. The molecule has 2 atom stereocenters. The molecule has 2 N–H and O–H groups in total. The number of carboxylic acids is 1. The molecule has 0 bridgehead atoms. The van der Waals surface area contributed by atoms with Crippen molar-refractivity contribution in [3.63, 3.8) is 0 Å². The van der Waals surface area contributed by atoms with E-state index in [2.05, 4.69) is 15.3 Å². The Hall–Kier alpha value is -2.62. The van der Waals surface area contributed by atoms with Crippen LogP contribution >= 0.6 is 0 Å². The summed E-state index contributed by atoms with van der Waals surface area (Å²) in [4.78, 5) is 18.5. The van der Waals surface area contributed by atoms with Crippen LogP contribution in [0.25, 0.3) is 11.0 Å². The summed E-state index contributed by atoms with van der Waals surface area (Å²) in [5.74, 6) is -1.34. The first-order valence-electron chi connectivity index (χ1n) is 7.33. The highest BCUT2D eigenvalue weighted by Gasteiger charge is 2.40. The van der Waals surface area contributed by atoms with Crippen LogP contribution in [0.4, 0.5) is 13.2 Å². The summed E-state index contributed by atoms with van der Waals surface area (Å²) in [7, 11) is 1.42. The van der Waals surface area contributed by atoms with Gasteiger partial charge in [-0.05, 0) is 12.1 Å². The first kappa shape index (κ1) is 17.2. The molecule has 1 fully saturated rings. The van der Waals surface area contributed by atoms with Gasteiger partial charge in [-0.2, -0.15) is 13.2 Å². The van der Waals surface area contributed by atoms with E-state index in [1.165, 1.54) is 25.3 Å². The van der Waals surface area contributed by atoms with E-state index < -0.39 is 35.9 Å². The van der Waals surface area contributed by atoms with E-state index in [1.807, 2.05) is 0 Å². The normalized spacial score (nSPS) is 20.6. The summed E-state index contributed by atoms with van der Waals surface area (Å²) in [6.07, 6.45) is -5.47. The Morgan fingerprint density at radius 3 is 2.68 bits per heavy atom. The van der Waals surface area contributed by atoms with Crippen molar-refractivity contribution in [2.75, 3.05) is 13.7 Å². The van der Waals surface area contributed by atoms with Crippen molar-refractivity contribution in [3.05, 3.63) is 23.9 Å². The van der Waals surface area contributed by atoms with Crippen molar-refractivity contribution < 1.29 is 32.5 Å². The number of benzene rings is 1. The molecule has 0 spiro atoms. The van der Waals surface area contributed by atoms with Gasteiger partial charge in [-0.3, -0.25) is 4.79 Å². The van der Waals surface area contributed by atoms with E-state index in [9.17, 15) is 18.0 Å². The van der Waals surface area contributed by atoms with E-state index in [1.54, 1.807) is 0 Å². The largest absolute Gasteiger partial charge is 0.497 e. The Labute approximate surface area is 139 Å². The van der Waals surface area contributed by atoms with Crippen molar-refractivity contribution in [1.82, 2.24) is 15.3 Å². The first-order chi connectivity index (χ1) is 11.8. The van der Waals surface area contributed by atoms with Crippen molar-refractivity contribution in [2.45, 2.75) is 24.7 Å². The molecule has 0 aliphatic carbocycles. The van der Waals surface area contributed by atoms with E-state index in [0.29, 0.717) is 5.75 Å². The monoisotopic (exact) mass is 357 g/mol. The number of aliphatic carboxylic acids is 1. The van der Waals surface area contributed by atoms with Gasteiger partial charge >= 0.3 is 12.1 Å². The minimum Gasteiger partial charge on any atom is -0.497 e. The fourth-order valence-electron chi connectivity index (χ4n) is 2.55. The lowest BCUT2D eigenvalue weighted by molar-refractivity contribution is -0.143. The molecule has 2 heterocycles. The minimum atomic E-state index is -4.76. The average Bonchev–Trinajstić information content (AvgIpc) is 3.01. The van der Waals surface area contributed by atoms with Gasteiger partial charge in [0.2, 0.25) is 11.6 Å². The molecule has 7 nitrogen and oxygen atoms in total. The molecule has 2 unspecified atom stereocenters. The summed E-state index contributed by atoms with van der Waals surface area (Å²) in [6.45, 7) is 0.103. The Bertz CT molecular complexity index is 812. The molecular formula is C15H14F3N3O4. The molecule has 3 rings (SSSR count). The molecule has 1 aromatic carbocycles. The smallest absolute Gasteiger partial charge is 0.438 e. The number of alkyl halides is 3. The third-order valence-electron chi connectivity index (χ3n) is 3.77. The van der Waals surface area contributed by atoms with Crippen molar-refractivity contribution in [3.8, 4) is 11.6 Å². The lowest BCUT2D eigenvalue weighted by Gasteiger charge is -2.16. The van der Waals surface area contributed by atoms with Crippen LogP contribution in [0.1, 0.15) is 12.1 Å². The second-order valence-electron chi connectivity index (χ2n) is 5.50. The number of fused-ring (bicyclic) bond motifs is 1. The van der Waals surface area contributed by atoms with Gasteiger partial charge < -0.3 is 19.9 Å². The zero-order valence-corrected chi connectivity index (χ0v) is 13.0. The van der Waals surface area contributed by atoms with E-state index >= 15 is 0 Å². The van der Waals surface area contributed by atoms with Gasteiger partial charge in [-0.1, -0.05) is 0 Å². The van der Waals surface area contributed by atoms with Crippen LogP contribution in [0.3, 0.4) is 0 Å². The highest BCUT2D eigenvalue weighted by molar-refractivity contribution is 5.77. The first-order valence-corrected chi connectivity index (χ1v) is 7.33. The zero-order valence-electron chi connectivity index (χ0n) is 13.0. The number of methoxy groups -OCH3 is 1. The number of carbonyl (C=O) groups is 1. The fourth-order valence-corrected chi connectivity index (χ4v) is 2.55. The maximum Gasteiger partial charge on any atom is 0.438 e. The third kappa shape index (κ3) is 3.58. The molecule has 0 radical (unpaired) electrons. The number of nitrogens with one attached hydrogen (secondary N) is 1. The maximum absolute atomic E-state index is 13.3. The van der Waals surface area contributed by atoms with Crippen LogP contribution < -0.4 is 14.8 Å². The average molecular weight is 357 g/mol. The number of rotatable bonds is 4. The Balaban J connectivity index is 1.98. The standard InChI is InChI=1S/C15H14F3N3O4/c1-24-7-2-3-9-10(4-7)21-13(12(20-9)15(16,17)18)25-8-5-11(14(22)23)19-6-8/h2-4,8,11,19H,5-6H2,1H3,(H,22,23). The highest BCUT2D eigenvalue weighted by Crippen LogP contribution is 2.36. The van der Waals surface area contributed by atoms with Crippen LogP contribution in [-0.4, -0.2) is 46.8 Å². The van der Waals surface area contributed by atoms with E-state index in [0.717, 1.165) is 0 Å². The molecular weight excluding hydrogens is 343 g/mol. The molecule has 134 valence electrons. The number of aromatic nitrogens is 2. The Morgan fingerprint density at radius 1 is 1.32 bits per heavy atom. The van der Waals surface area contributed by atoms with Crippen LogP contribution in [0.2, 0.25) is 0 Å². The number of carboxylic acid groups (broad SMARTS) is 1. The van der Waals surface area contributed by atoms with E-state index in [-0.39, 0.29) is 24.0 Å². The topological polar surface area (TPSA) is 93.6 Å². The van der Waals surface area contributed by atoms with Crippen LogP contribution in [0, 0.1) is 0 Å². The lowest BCUT2D eigenvalue weighted by Crippen LogP contribution is -2.30. The molecule has 1 saturated heterocycles. The molecule has 0 amide bonds. The lowest BCUT2D eigenvalue weighted by atomic mass is 10.2. The van der Waals surface area contributed by atoms with Crippen LogP contribution in [0.5, 0.6) is 11.6 Å². The minimum absolute atomic E-state index is 0.0322. The number of nitrogens with zero attached hydrogens (tertiary/aromatic N) is 2. The van der Waals surface area contributed by atoms with Gasteiger partial charge in [0.15, 0.2) is 0 Å². The summed E-state index contributed by atoms with van der Waals surface area (Å²) in [5, 5.41) is 11.6. The van der Waals surface area contributed by atoms with Gasteiger partial charge in [-0.15, -0.1) is 0 Å². The quantitative estimate of drug-likeness (QED) is 0.862. The Kier molecular flexibility index (Phi) is 4.38. The number of ether oxygens (including phenoxy) is 2. The molecule has 10 heteroatoms. The number of hydrogen-bond donors (Lipinski definition) is 2. The third-order valence-corrected chi connectivity index (χ3v) is 3.77. The van der Waals surface area contributed by atoms with Crippen molar-refractivity contribution in [2.24, 2.45) is 0 Å².